The highest BCUT2D eigenvalue weighted by molar-refractivity contribution is 6.39. The van der Waals surface area contributed by atoms with Crippen LogP contribution in [0.15, 0.2) is 30.3 Å². The van der Waals surface area contributed by atoms with Gasteiger partial charge in [0.1, 0.15) is 13.2 Å². The maximum absolute atomic E-state index is 6.21. The number of nitrogens with one attached hydrogen (secondary N) is 1. The topological polar surface area (TPSA) is 30.5 Å². The van der Waals surface area contributed by atoms with Gasteiger partial charge in [-0.2, -0.15) is 0 Å². The molecule has 1 heterocycles. The summed E-state index contributed by atoms with van der Waals surface area (Å²) in [7, 11) is 0. The fraction of sp³-hybridized carbons (Fsp3) is 0.200. The van der Waals surface area contributed by atoms with E-state index >= 15 is 0 Å². The molecule has 110 valence electrons. The summed E-state index contributed by atoms with van der Waals surface area (Å²) >= 11 is 18.5. The van der Waals surface area contributed by atoms with Crippen LogP contribution >= 0.6 is 34.8 Å². The molecule has 0 fully saturated rings. The summed E-state index contributed by atoms with van der Waals surface area (Å²) in [6.45, 7) is 1.57. The van der Waals surface area contributed by atoms with Crippen LogP contribution in [0.25, 0.3) is 0 Å². The third-order valence-corrected chi connectivity index (χ3v) is 4.00. The van der Waals surface area contributed by atoms with Crippen molar-refractivity contribution in [2.75, 3.05) is 18.5 Å². The zero-order valence-electron chi connectivity index (χ0n) is 11.0. The zero-order valence-corrected chi connectivity index (χ0v) is 13.2. The Bertz CT molecular complexity index is 656. The molecule has 6 heteroatoms. The van der Waals surface area contributed by atoms with E-state index in [4.69, 9.17) is 44.3 Å². The van der Waals surface area contributed by atoms with Crippen LogP contribution in [0, 0.1) is 0 Å². The number of anilines is 1. The lowest BCUT2D eigenvalue weighted by molar-refractivity contribution is 0.171. The average Bonchev–Trinajstić information content (AvgIpc) is 2.47. The molecule has 0 aliphatic carbocycles. The Kier molecular flexibility index (Phi) is 4.34. The summed E-state index contributed by atoms with van der Waals surface area (Å²) in [4.78, 5) is 0. The van der Waals surface area contributed by atoms with Crippen molar-refractivity contribution in [1.29, 1.82) is 0 Å². The molecule has 0 aromatic heterocycles. The van der Waals surface area contributed by atoms with Crippen molar-refractivity contribution in [3.8, 4) is 11.5 Å². The van der Waals surface area contributed by atoms with Gasteiger partial charge < -0.3 is 14.8 Å². The van der Waals surface area contributed by atoms with Gasteiger partial charge in [-0.15, -0.1) is 0 Å². The Hall–Kier alpha value is -1.29. The lowest BCUT2D eigenvalue weighted by Crippen LogP contribution is -2.16. The number of benzene rings is 2. The zero-order chi connectivity index (χ0) is 14.8. The van der Waals surface area contributed by atoms with Gasteiger partial charge in [-0.3, -0.25) is 0 Å². The molecule has 0 atom stereocenters. The van der Waals surface area contributed by atoms with E-state index in [1.54, 1.807) is 18.2 Å². The molecule has 1 N–H and O–H groups in total. The second-order valence-electron chi connectivity index (χ2n) is 4.55. The van der Waals surface area contributed by atoms with E-state index in [1.165, 1.54) is 0 Å². The number of hydrogen-bond acceptors (Lipinski definition) is 3. The Balaban J connectivity index is 1.81. The minimum Gasteiger partial charge on any atom is -0.486 e. The molecule has 3 nitrogen and oxygen atoms in total. The highest BCUT2D eigenvalue weighted by Gasteiger charge is 2.16. The van der Waals surface area contributed by atoms with Crippen molar-refractivity contribution in [1.82, 2.24) is 0 Å². The maximum Gasteiger partial charge on any atom is 0.179 e. The summed E-state index contributed by atoms with van der Waals surface area (Å²) < 4.78 is 11.0. The molecule has 0 bridgehead atoms. The summed E-state index contributed by atoms with van der Waals surface area (Å²) in [6, 6.07) is 9.11. The van der Waals surface area contributed by atoms with Crippen molar-refractivity contribution in [3.63, 3.8) is 0 Å². The number of fused-ring (bicyclic) bond motifs is 1. The van der Waals surface area contributed by atoms with E-state index in [2.05, 4.69) is 5.32 Å². The molecule has 0 spiro atoms. The molecular weight excluding hydrogens is 333 g/mol. The number of rotatable bonds is 3. The van der Waals surface area contributed by atoms with Crippen molar-refractivity contribution < 1.29 is 9.47 Å². The smallest absolute Gasteiger partial charge is 0.179 e. The Morgan fingerprint density at radius 3 is 2.43 bits per heavy atom. The lowest BCUT2D eigenvalue weighted by Gasteiger charge is -2.20. The van der Waals surface area contributed by atoms with Crippen LogP contribution in [-0.4, -0.2) is 13.2 Å². The largest absolute Gasteiger partial charge is 0.486 e. The average molecular weight is 345 g/mol. The van der Waals surface area contributed by atoms with E-state index in [1.807, 2.05) is 12.1 Å². The first-order valence-corrected chi connectivity index (χ1v) is 7.54. The highest BCUT2D eigenvalue weighted by Crippen LogP contribution is 2.38. The van der Waals surface area contributed by atoms with E-state index in [9.17, 15) is 0 Å². The molecule has 1 aliphatic rings. The third kappa shape index (κ3) is 3.15. The predicted octanol–water partition coefficient (Wildman–Crippen LogP) is 5.03. The number of ether oxygens (including phenoxy) is 2. The molecule has 0 radical (unpaired) electrons. The van der Waals surface area contributed by atoms with E-state index in [0.29, 0.717) is 52.0 Å². The predicted molar refractivity (Wildman–Crippen MR) is 86.2 cm³/mol. The monoisotopic (exact) mass is 343 g/mol. The van der Waals surface area contributed by atoms with E-state index in [-0.39, 0.29) is 0 Å². The van der Waals surface area contributed by atoms with E-state index in [0.717, 1.165) is 5.56 Å². The maximum atomic E-state index is 6.21. The first-order chi connectivity index (χ1) is 10.1. The SMILES string of the molecule is Clc1cccc(Cl)c1NCc1cc(Cl)c2c(c1)OCCO2. The minimum absolute atomic E-state index is 0.513. The van der Waals surface area contributed by atoms with Gasteiger partial charge in [0, 0.05) is 6.54 Å². The van der Waals surface area contributed by atoms with Gasteiger partial charge >= 0.3 is 0 Å². The quantitative estimate of drug-likeness (QED) is 0.847. The van der Waals surface area contributed by atoms with Crippen LogP contribution in [0.5, 0.6) is 11.5 Å². The fourth-order valence-corrected chi connectivity index (χ4v) is 2.94. The van der Waals surface area contributed by atoms with Gasteiger partial charge in [0.25, 0.3) is 0 Å². The molecule has 0 saturated heterocycles. The van der Waals surface area contributed by atoms with Gasteiger partial charge in [0.2, 0.25) is 0 Å². The molecule has 2 aromatic rings. The number of halogens is 3. The van der Waals surface area contributed by atoms with Crippen LogP contribution in [0.3, 0.4) is 0 Å². The number of hydrogen-bond donors (Lipinski definition) is 1. The first-order valence-electron chi connectivity index (χ1n) is 6.41. The minimum atomic E-state index is 0.513. The van der Waals surface area contributed by atoms with Crippen LogP contribution < -0.4 is 14.8 Å². The Labute approximate surface area is 137 Å². The molecule has 3 rings (SSSR count). The summed E-state index contributed by atoms with van der Waals surface area (Å²) in [5, 5.41) is 4.90. The van der Waals surface area contributed by atoms with Crippen molar-refractivity contribution in [3.05, 3.63) is 51.0 Å². The van der Waals surface area contributed by atoms with Gasteiger partial charge in [0.15, 0.2) is 11.5 Å². The molecule has 0 unspecified atom stereocenters. The van der Waals surface area contributed by atoms with Gasteiger partial charge in [-0.1, -0.05) is 40.9 Å². The first kappa shape index (κ1) is 14.6. The fourth-order valence-electron chi connectivity index (χ4n) is 2.12. The van der Waals surface area contributed by atoms with Crippen molar-refractivity contribution in [2.45, 2.75) is 6.54 Å². The standard InChI is InChI=1S/C15H12Cl3NO2/c16-10-2-1-3-11(17)14(10)19-8-9-6-12(18)15-13(7-9)20-4-5-21-15/h1-3,6-7,19H,4-5,8H2. The molecular formula is C15H12Cl3NO2. The normalized spacial score (nSPS) is 13.1. The van der Waals surface area contributed by atoms with Gasteiger partial charge in [-0.05, 0) is 29.8 Å². The Morgan fingerprint density at radius 2 is 1.67 bits per heavy atom. The molecule has 2 aromatic carbocycles. The van der Waals surface area contributed by atoms with Crippen LogP contribution in [0.2, 0.25) is 15.1 Å². The summed E-state index contributed by atoms with van der Waals surface area (Å²) in [6.07, 6.45) is 0. The van der Waals surface area contributed by atoms with Crippen molar-refractivity contribution in [2.24, 2.45) is 0 Å². The third-order valence-electron chi connectivity index (χ3n) is 3.09. The summed E-state index contributed by atoms with van der Waals surface area (Å²) in [5.74, 6) is 1.26. The second kappa shape index (κ2) is 6.22. The van der Waals surface area contributed by atoms with Gasteiger partial charge in [-0.25, -0.2) is 0 Å². The number of para-hydroxylation sites is 1. The molecule has 0 saturated carbocycles. The Morgan fingerprint density at radius 1 is 0.952 bits per heavy atom. The summed E-state index contributed by atoms with van der Waals surface area (Å²) in [5.41, 5.74) is 1.66. The van der Waals surface area contributed by atoms with E-state index < -0.39 is 0 Å². The molecule has 1 aliphatic heterocycles. The van der Waals surface area contributed by atoms with Crippen LogP contribution in [0.4, 0.5) is 5.69 Å². The molecule has 21 heavy (non-hydrogen) atoms. The highest BCUT2D eigenvalue weighted by atomic mass is 35.5. The van der Waals surface area contributed by atoms with Crippen LogP contribution in [-0.2, 0) is 6.54 Å². The second-order valence-corrected chi connectivity index (χ2v) is 5.77. The van der Waals surface area contributed by atoms with Crippen molar-refractivity contribution >= 4 is 40.5 Å². The lowest BCUT2D eigenvalue weighted by atomic mass is 10.2. The van der Waals surface area contributed by atoms with Crippen LogP contribution in [0.1, 0.15) is 5.56 Å². The molecule has 0 amide bonds. The van der Waals surface area contributed by atoms with Gasteiger partial charge in [0.05, 0.1) is 20.8 Å².